The monoisotopic (exact) mass is 497 g/mol. The second kappa shape index (κ2) is 9.77. The smallest absolute Gasteiger partial charge is 0.407 e. The van der Waals surface area contributed by atoms with E-state index in [4.69, 9.17) is 4.74 Å². The molecule has 3 atom stereocenters. The number of nitrogens with zero attached hydrogens (tertiary/aromatic N) is 2. The Kier molecular flexibility index (Phi) is 7.21. The van der Waals surface area contributed by atoms with Crippen LogP contribution in [-0.2, 0) is 30.8 Å². The lowest BCUT2D eigenvalue weighted by Gasteiger charge is -2.44. The zero-order chi connectivity index (χ0) is 25.2. The van der Waals surface area contributed by atoms with Crippen molar-refractivity contribution in [2.75, 3.05) is 18.1 Å². The number of hydrogen-bond donors (Lipinski definition) is 3. The highest BCUT2D eigenvalue weighted by atomic mass is 32.2. The van der Waals surface area contributed by atoms with Crippen LogP contribution in [0.1, 0.15) is 18.9 Å². The Morgan fingerprint density at radius 2 is 1.97 bits per heavy atom. The summed E-state index contributed by atoms with van der Waals surface area (Å²) in [4.78, 5) is 46.7. The summed E-state index contributed by atoms with van der Waals surface area (Å²) in [5.74, 6) is -3.84. The number of carboxylic acids is 1. The first-order valence-electron chi connectivity index (χ1n) is 10.2. The van der Waals surface area contributed by atoms with Gasteiger partial charge in [-0.1, -0.05) is 0 Å². The molecule has 3 rings (SSSR count). The number of aliphatic hydroxyl groups excluding tert-OH is 1. The third kappa shape index (κ3) is 5.34. The molecule has 1 aromatic rings. The van der Waals surface area contributed by atoms with Crippen molar-refractivity contribution in [3.05, 3.63) is 51.2 Å². The summed E-state index contributed by atoms with van der Waals surface area (Å²) in [6.07, 6.45) is -1.84. The second-order valence-electron chi connectivity index (χ2n) is 8.02. The van der Waals surface area contributed by atoms with Gasteiger partial charge in [0.15, 0.2) is 9.84 Å². The van der Waals surface area contributed by atoms with Crippen LogP contribution in [0.25, 0.3) is 0 Å². The number of aliphatic carboxylic acids is 1. The second-order valence-corrected chi connectivity index (χ2v) is 10.2. The van der Waals surface area contributed by atoms with Gasteiger partial charge >= 0.3 is 12.1 Å². The van der Waals surface area contributed by atoms with Crippen molar-refractivity contribution in [1.82, 2.24) is 10.2 Å². The molecule has 14 heteroatoms. The van der Waals surface area contributed by atoms with Crippen molar-refractivity contribution in [2.45, 2.75) is 32.1 Å². The number of nitro groups is 1. The lowest BCUT2D eigenvalue weighted by Crippen LogP contribution is -2.61. The maximum Gasteiger partial charge on any atom is 0.407 e. The molecule has 0 unspecified atom stereocenters. The molecule has 0 aromatic heterocycles. The van der Waals surface area contributed by atoms with Crippen LogP contribution < -0.4 is 5.32 Å². The number of sulfone groups is 1. The summed E-state index contributed by atoms with van der Waals surface area (Å²) < 4.78 is 30.0. The SMILES string of the molecule is C[C@@H](O)[C@H]1C(=O)N2C(C(=O)O)=C(CS(=O)(=O)CCNC(=O)OCc3ccc([N+](=O)[O-])cc3)C[C@H]12. The van der Waals surface area contributed by atoms with Gasteiger partial charge in [0.05, 0.1) is 34.5 Å². The molecule has 1 fully saturated rings. The summed E-state index contributed by atoms with van der Waals surface area (Å²) in [6.45, 7) is 0.947. The first-order chi connectivity index (χ1) is 15.9. The number of non-ortho nitro benzene ring substituents is 1. The van der Waals surface area contributed by atoms with Crippen LogP contribution in [0, 0.1) is 16.0 Å². The number of amides is 2. The van der Waals surface area contributed by atoms with Crippen molar-refractivity contribution in [3.63, 3.8) is 0 Å². The van der Waals surface area contributed by atoms with E-state index >= 15 is 0 Å². The summed E-state index contributed by atoms with van der Waals surface area (Å²) in [5, 5.41) is 32.1. The molecule has 2 amide bonds. The Morgan fingerprint density at radius 1 is 1.32 bits per heavy atom. The number of carboxylic acid groups (broad SMARTS) is 1. The minimum atomic E-state index is -3.84. The van der Waals surface area contributed by atoms with Crippen molar-refractivity contribution >= 4 is 33.5 Å². The zero-order valence-electron chi connectivity index (χ0n) is 18.0. The van der Waals surface area contributed by atoms with Gasteiger partial charge in [0.1, 0.15) is 12.3 Å². The van der Waals surface area contributed by atoms with Gasteiger partial charge < -0.3 is 25.2 Å². The molecule has 2 heterocycles. The number of nitro benzene ring substituents is 1. The van der Waals surface area contributed by atoms with Gasteiger partial charge in [0, 0.05) is 18.7 Å². The molecular weight excluding hydrogens is 474 g/mol. The van der Waals surface area contributed by atoms with Crippen molar-refractivity contribution < 1.29 is 42.7 Å². The number of ether oxygens (including phenoxy) is 1. The summed E-state index contributed by atoms with van der Waals surface area (Å²) in [7, 11) is -3.84. The van der Waals surface area contributed by atoms with Gasteiger partial charge in [-0.3, -0.25) is 14.9 Å². The zero-order valence-corrected chi connectivity index (χ0v) is 18.9. The number of fused-ring (bicyclic) bond motifs is 1. The van der Waals surface area contributed by atoms with E-state index in [0.29, 0.717) is 5.56 Å². The number of benzene rings is 1. The number of nitrogens with one attached hydrogen (secondary N) is 1. The highest BCUT2D eigenvalue weighted by Gasteiger charge is 2.56. The Morgan fingerprint density at radius 3 is 2.53 bits per heavy atom. The number of carbonyl (C=O) groups is 3. The third-order valence-electron chi connectivity index (χ3n) is 5.62. The predicted octanol–water partition coefficient (Wildman–Crippen LogP) is 0.186. The molecule has 0 aliphatic carbocycles. The molecule has 3 N–H and O–H groups in total. The molecule has 2 aliphatic heterocycles. The van der Waals surface area contributed by atoms with Crippen LogP contribution in [0.5, 0.6) is 0 Å². The van der Waals surface area contributed by atoms with E-state index in [1.165, 1.54) is 31.2 Å². The average molecular weight is 497 g/mol. The molecule has 1 aromatic carbocycles. The minimum absolute atomic E-state index is 0.0346. The predicted molar refractivity (Wildman–Crippen MR) is 115 cm³/mol. The normalized spacial score (nSPS) is 20.4. The van der Waals surface area contributed by atoms with Crippen LogP contribution in [-0.4, -0.2) is 76.6 Å². The van der Waals surface area contributed by atoms with Gasteiger partial charge in [-0.2, -0.15) is 0 Å². The molecule has 0 bridgehead atoms. The van der Waals surface area contributed by atoms with Gasteiger partial charge in [-0.25, -0.2) is 18.0 Å². The Hall–Kier alpha value is -3.52. The summed E-state index contributed by atoms with van der Waals surface area (Å²) >= 11 is 0. The number of β-lactam (4-membered cyclic amide) rings is 1. The van der Waals surface area contributed by atoms with E-state index in [0.717, 1.165) is 4.90 Å². The molecule has 0 spiro atoms. The largest absolute Gasteiger partial charge is 0.477 e. The number of aliphatic hydroxyl groups is 1. The van der Waals surface area contributed by atoms with E-state index in [9.17, 15) is 43.1 Å². The van der Waals surface area contributed by atoms with Gasteiger partial charge in [0.25, 0.3) is 5.69 Å². The van der Waals surface area contributed by atoms with E-state index in [2.05, 4.69) is 5.32 Å². The van der Waals surface area contributed by atoms with Crippen LogP contribution in [0.2, 0.25) is 0 Å². The topological polar surface area (TPSA) is 193 Å². The lowest BCUT2D eigenvalue weighted by molar-refractivity contribution is -0.384. The van der Waals surface area contributed by atoms with Crippen LogP contribution in [0.15, 0.2) is 35.5 Å². The number of rotatable bonds is 10. The first-order valence-corrected chi connectivity index (χ1v) is 12.0. The minimum Gasteiger partial charge on any atom is -0.477 e. The fourth-order valence-electron chi connectivity index (χ4n) is 4.05. The number of hydrogen-bond acceptors (Lipinski definition) is 9. The summed E-state index contributed by atoms with van der Waals surface area (Å²) in [5.41, 5.74) is 0.0931. The Bertz CT molecular complexity index is 1140. The molecule has 2 aliphatic rings. The molecular formula is C20H23N3O10S. The van der Waals surface area contributed by atoms with Crippen LogP contribution in [0.4, 0.5) is 10.5 Å². The lowest BCUT2D eigenvalue weighted by atomic mass is 9.83. The quantitative estimate of drug-likeness (QED) is 0.228. The van der Waals surface area contributed by atoms with E-state index in [1.54, 1.807) is 0 Å². The molecule has 0 radical (unpaired) electrons. The highest BCUT2D eigenvalue weighted by Crippen LogP contribution is 2.43. The highest BCUT2D eigenvalue weighted by molar-refractivity contribution is 7.91. The van der Waals surface area contributed by atoms with E-state index in [1.807, 2.05) is 0 Å². The van der Waals surface area contributed by atoms with Crippen LogP contribution >= 0.6 is 0 Å². The fraction of sp³-hybridized carbons (Fsp3) is 0.450. The van der Waals surface area contributed by atoms with Crippen molar-refractivity contribution in [2.24, 2.45) is 5.92 Å². The third-order valence-corrected chi connectivity index (χ3v) is 7.23. The fourth-order valence-corrected chi connectivity index (χ4v) is 5.39. The molecule has 13 nitrogen and oxygen atoms in total. The molecule has 1 saturated heterocycles. The maximum absolute atomic E-state index is 12.5. The van der Waals surface area contributed by atoms with Crippen molar-refractivity contribution in [1.29, 1.82) is 0 Å². The molecule has 0 saturated carbocycles. The molecule has 184 valence electrons. The summed E-state index contributed by atoms with van der Waals surface area (Å²) in [6, 6.07) is 4.76. The standard InChI is InChI=1S/C20H23N3O10S/c1-11(24)16-15-8-13(17(19(26)27)22(15)18(16)25)10-34(31,32)7-6-21-20(28)33-9-12-2-4-14(5-3-12)23(29)30/h2-5,11,15-16,24H,6-10H2,1H3,(H,21,28)(H,26,27)/t11-,15-,16-/m1/s1. The number of alkyl carbamates (subject to hydrolysis) is 1. The first kappa shape index (κ1) is 25.1. The van der Waals surface area contributed by atoms with Gasteiger partial charge in [0.2, 0.25) is 5.91 Å². The van der Waals surface area contributed by atoms with Crippen LogP contribution in [0.3, 0.4) is 0 Å². The van der Waals surface area contributed by atoms with E-state index in [-0.39, 0.29) is 36.5 Å². The van der Waals surface area contributed by atoms with E-state index < -0.39 is 62.3 Å². The van der Waals surface area contributed by atoms with Gasteiger partial charge in [-0.15, -0.1) is 0 Å². The maximum atomic E-state index is 12.5. The van der Waals surface area contributed by atoms with Gasteiger partial charge in [-0.05, 0) is 36.6 Å². The van der Waals surface area contributed by atoms with Crippen molar-refractivity contribution in [3.8, 4) is 0 Å². The Labute approximate surface area is 194 Å². The Balaban J connectivity index is 1.50. The number of carbonyl (C=O) groups excluding carboxylic acids is 2. The average Bonchev–Trinajstić information content (AvgIpc) is 3.05. The molecule has 34 heavy (non-hydrogen) atoms.